The van der Waals surface area contributed by atoms with Crippen molar-refractivity contribution in [2.75, 3.05) is 0 Å². The van der Waals surface area contributed by atoms with Crippen LogP contribution >= 0.6 is 11.8 Å². The normalized spacial score (nSPS) is 10.8. The Kier molecular flexibility index (Phi) is 5.20. The van der Waals surface area contributed by atoms with Gasteiger partial charge in [-0.25, -0.2) is 4.98 Å². The van der Waals surface area contributed by atoms with Crippen molar-refractivity contribution < 1.29 is 0 Å². The number of para-hydroxylation sites is 1. The fraction of sp³-hybridized carbons (Fsp3) is 0.125. The third kappa shape index (κ3) is 3.80. The van der Waals surface area contributed by atoms with Crippen LogP contribution in [-0.2, 0) is 5.75 Å². The number of hydrogen-bond acceptors (Lipinski definition) is 4. The quantitative estimate of drug-likeness (QED) is 0.352. The van der Waals surface area contributed by atoms with Crippen molar-refractivity contribution in [2.45, 2.75) is 24.8 Å². The Bertz CT molecular complexity index is 1300. The van der Waals surface area contributed by atoms with Crippen molar-refractivity contribution in [1.82, 2.24) is 9.55 Å². The van der Waals surface area contributed by atoms with Gasteiger partial charge in [0, 0.05) is 5.75 Å². The summed E-state index contributed by atoms with van der Waals surface area (Å²) >= 11 is 1.52. The first-order chi connectivity index (χ1) is 14.1. The zero-order valence-electron chi connectivity index (χ0n) is 16.2. The number of nitriles is 1. The van der Waals surface area contributed by atoms with Gasteiger partial charge in [-0.1, -0.05) is 42.1 Å². The predicted octanol–water partition coefficient (Wildman–Crippen LogP) is 5.17. The average molecular weight is 398 g/mol. The molecule has 0 fully saturated rings. The molecule has 4 rings (SSSR count). The molecule has 4 aromatic rings. The number of rotatable bonds is 4. The number of nitrogens with zero attached hydrogens (tertiary/aromatic N) is 3. The summed E-state index contributed by atoms with van der Waals surface area (Å²) in [6, 6.07) is 23.1. The van der Waals surface area contributed by atoms with Crippen LogP contribution in [0.2, 0.25) is 0 Å². The van der Waals surface area contributed by atoms with Gasteiger partial charge in [0.1, 0.15) is 0 Å². The van der Waals surface area contributed by atoms with E-state index in [0.717, 1.165) is 16.8 Å². The van der Waals surface area contributed by atoms with Crippen molar-refractivity contribution in [3.8, 4) is 11.8 Å². The van der Waals surface area contributed by atoms with Crippen LogP contribution in [0, 0.1) is 25.2 Å². The molecule has 0 aliphatic rings. The largest absolute Gasteiger partial charge is 0.268 e. The fourth-order valence-electron chi connectivity index (χ4n) is 3.12. The summed E-state index contributed by atoms with van der Waals surface area (Å²) in [6.45, 7) is 4.10. The lowest BCUT2D eigenvalue weighted by atomic mass is 10.1. The molecule has 0 N–H and O–H groups in total. The topological polar surface area (TPSA) is 58.7 Å². The molecule has 0 spiro atoms. The summed E-state index contributed by atoms with van der Waals surface area (Å²) in [6.07, 6.45) is 0. The molecule has 0 saturated carbocycles. The SMILES string of the molecule is Cc1ccc(-n2c(SCc3ccc(C#N)cc3)nc3ccccc3c2=O)cc1C. The molecule has 3 aromatic carbocycles. The van der Waals surface area contributed by atoms with Crippen molar-refractivity contribution in [2.24, 2.45) is 0 Å². The van der Waals surface area contributed by atoms with Gasteiger partial charge < -0.3 is 0 Å². The van der Waals surface area contributed by atoms with Gasteiger partial charge in [-0.05, 0) is 66.9 Å². The van der Waals surface area contributed by atoms with E-state index in [1.165, 1.54) is 17.3 Å². The first-order valence-electron chi connectivity index (χ1n) is 9.28. The van der Waals surface area contributed by atoms with E-state index in [0.29, 0.717) is 27.4 Å². The second kappa shape index (κ2) is 7.94. The number of fused-ring (bicyclic) bond motifs is 1. The smallest absolute Gasteiger partial charge is 0.266 e. The van der Waals surface area contributed by atoms with Crippen molar-refractivity contribution in [3.63, 3.8) is 0 Å². The molecule has 1 heterocycles. The highest BCUT2D eigenvalue weighted by Crippen LogP contribution is 2.25. The van der Waals surface area contributed by atoms with Crippen LogP contribution in [0.25, 0.3) is 16.6 Å². The molecule has 4 nitrogen and oxygen atoms in total. The van der Waals surface area contributed by atoms with E-state index in [2.05, 4.69) is 13.0 Å². The van der Waals surface area contributed by atoms with Crippen LogP contribution in [0.4, 0.5) is 0 Å². The van der Waals surface area contributed by atoms with E-state index in [9.17, 15) is 4.79 Å². The van der Waals surface area contributed by atoms with Crippen molar-refractivity contribution >= 4 is 22.7 Å². The van der Waals surface area contributed by atoms with Gasteiger partial charge in [0.2, 0.25) is 0 Å². The van der Waals surface area contributed by atoms with E-state index < -0.39 is 0 Å². The Morgan fingerprint density at radius 1 is 1.00 bits per heavy atom. The third-order valence-electron chi connectivity index (χ3n) is 4.94. The van der Waals surface area contributed by atoms with E-state index in [1.807, 2.05) is 61.5 Å². The van der Waals surface area contributed by atoms with E-state index >= 15 is 0 Å². The highest BCUT2D eigenvalue weighted by molar-refractivity contribution is 7.98. The second-order valence-electron chi connectivity index (χ2n) is 6.92. The minimum atomic E-state index is -0.0684. The Morgan fingerprint density at radius 3 is 2.48 bits per heavy atom. The maximum atomic E-state index is 13.3. The summed E-state index contributed by atoms with van der Waals surface area (Å²) in [7, 11) is 0. The monoisotopic (exact) mass is 397 g/mol. The first-order valence-corrected chi connectivity index (χ1v) is 10.3. The number of benzene rings is 3. The van der Waals surface area contributed by atoms with Gasteiger partial charge in [0.15, 0.2) is 5.16 Å². The lowest BCUT2D eigenvalue weighted by Gasteiger charge is -2.14. The molecule has 0 aliphatic heterocycles. The first kappa shape index (κ1) is 19.0. The lowest BCUT2D eigenvalue weighted by molar-refractivity contribution is 0.818. The van der Waals surface area contributed by atoms with Crippen LogP contribution in [0.15, 0.2) is 76.7 Å². The Balaban J connectivity index is 1.81. The Morgan fingerprint density at radius 2 is 1.76 bits per heavy atom. The van der Waals surface area contributed by atoms with Crippen LogP contribution < -0.4 is 5.56 Å². The average Bonchev–Trinajstić information content (AvgIpc) is 2.75. The molecular weight excluding hydrogens is 378 g/mol. The van der Waals surface area contributed by atoms with Crippen LogP contribution in [0.5, 0.6) is 0 Å². The van der Waals surface area contributed by atoms with Crippen LogP contribution in [0.3, 0.4) is 0 Å². The summed E-state index contributed by atoms with van der Waals surface area (Å²) in [4.78, 5) is 18.1. The molecule has 0 amide bonds. The Hall–Kier alpha value is -3.36. The minimum Gasteiger partial charge on any atom is -0.268 e. The van der Waals surface area contributed by atoms with Gasteiger partial charge in [-0.2, -0.15) is 5.26 Å². The summed E-state index contributed by atoms with van der Waals surface area (Å²) in [5.41, 5.74) is 5.46. The molecule has 0 radical (unpaired) electrons. The van der Waals surface area contributed by atoms with Gasteiger partial charge >= 0.3 is 0 Å². The zero-order valence-corrected chi connectivity index (χ0v) is 17.0. The number of thioether (sulfide) groups is 1. The van der Waals surface area contributed by atoms with Gasteiger partial charge in [-0.15, -0.1) is 0 Å². The van der Waals surface area contributed by atoms with E-state index in [1.54, 1.807) is 16.7 Å². The fourth-order valence-corrected chi connectivity index (χ4v) is 4.09. The number of hydrogen-bond donors (Lipinski definition) is 0. The molecule has 5 heteroatoms. The highest BCUT2D eigenvalue weighted by atomic mass is 32.2. The molecule has 0 bridgehead atoms. The van der Waals surface area contributed by atoms with E-state index in [-0.39, 0.29) is 5.56 Å². The minimum absolute atomic E-state index is 0.0684. The molecule has 29 heavy (non-hydrogen) atoms. The molecule has 0 aliphatic carbocycles. The van der Waals surface area contributed by atoms with Gasteiger partial charge in [0.25, 0.3) is 5.56 Å². The lowest BCUT2D eigenvalue weighted by Crippen LogP contribution is -2.22. The summed E-state index contributed by atoms with van der Waals surface area (Å²) in [5.74, 6) is 0.654. The molecular formula is C24H19N3OS. The maximum absolute atomic E-state index is 13.3. The third-order valence-corrected chi connectivity index (χ3v) is 5.95. The highest BCUT2D eigenvalue weighted by Gasteiger charge is 2.14. The maximum Gasteiger partial charge on any atom is 0.266 e. The number of aromatic nitrogens is 2. The van der Waals surface area contributed by atoms with E-state index in [4.69, 9.17) is 10.2 Å². The second-order valence-corrected chi connectivity index (χ2v) is 7.86. The predicted molar refractivity (Wildman–Crippen MR) is 118 cm³/mol. The molecule has 0 saturated heterocycles. The zero-order chi connectivity index (χ0) is 20.4. The van der Waals surface area contributed by atoms with Crippen LogP contribution in [0.1, 0.15) is 22.3 Å². The summed E-state index contributed by atoms with van der Waals surface area (Å²) in [5, 5.41) is 10.2. The van der Waals surface area contributed by atoms with Gasteiger partial charge in [0.05, 0.1) is 28.2 Å². The van der Waals surface area contributed by atoms with Crippen LogP contribution in [-0.4, -0.2) is 9.55 Å². The van der Waals surface area contributed by atoms with Crippen molar-refractivity contribution in [3.05, 3.63) is 99.3 Å². The summed E-state index contributed by atoms with van der Waals surface area (Å²) < 4.78 is 1.70. The van der Waals surface area contributed by atoms with Gasteiger partial charge in [-0.3, -0.25) is 9.36 Å². The molecule has 0 unspecified atom stereocenters. The van der Waals surface area contributed by atoms with Crippen molar-refractivity contribution in [1.29, 1.82) is 5.26 Å². The molecule has 0 atom stereocenters. The standard InChI is InChI=1S/C24H19N3OS/c1-16-7-12-20(13-17(16)2)27-23(28)21-5-3-4-6-22(21)26-24(27)29-15-19-10-8-18(14-25)9-11-19/h3-13H,15H2,1-2H3. The Labute approximate surface area is 173 Å². The molecule has 1 aromatic heterocycles. The number of aryl methyl sites for hydroxylation is 2. The molecule has 142 valence electrons.